The number of aliphatic carboxylic acids is 1. The number of nitrogens with one attached hydrogen (secondary N) is 1. The molecule has 0 radical (unpaired) electrons. The van der Waals surface area contributed by atoms with Gasteiger partial charge in [0.15, 0.2) is 0 Å². The molecule has 0 saturated heterocycles. The van der Waals surface area contributed by atoms with E-state index in [2.05, 4.69) is 5.32 Å². The fraction of sp³-hybridized carbons (Fsp3) is 0.846. The van der Waals surface area contributed by atoms with Gasteiger partial charge in [-0.2, -0.15) is 0 Å². The van der Waals surface area contributed by atoms with Crippen LogP contribution in [0, 0.1) is 23.7 Å². The lowest BCUT2D eigenvalue weighted by Gasteiger charge is -2.12. The second-order valence-corrected chi connectivity index (χ2v) is 5.90. The zero-order valence-corrected chi connectivity index (χ0v) is 9.89. The number of carbonyl (C=O) groups is 2. The Morgan fingerprint density at radius 1 is 1.06 bits per heavy atom. The van der Waals surface area contributed by atoms with E-state index >= 15 is 0 Å². The van der Waals surface area contributed by atoms with Gasteiger partial charge in [0.05, 0.1) is 5.92 Å². The molecule has 0 aliphatic heterocycles. The highest BCUT2D eigenvalue weighted by Gasteiger charge is 2.51. The zero-order chi connectivity index (χ0) is 12.0. The van der Waals surface area contributed by atoms with Crippen LogP contribution in [0.2, 0.25) is 0 Å². The van der Waals surface area contributed by atoms with E-state index in [0.29, 0.717) is 18.8 Å². The first-order valence-corrected chi connectivity index (χ1v) is 6.68. The van der Waals surface area contributed by atoms with Crippen molar-refractivity contribution < 1.29 is 14.7 Å². The number of carboxylic acid groups (broad SMARTS) is 1. The normalized spacial score (nSPS) is 40.0. The van der Waals surface area contributed by atoms with Crippen molar-refractivity contribution in [1.29, 1.82) is 0 Å². The van der Waals surface area contributed by atoms with Gasteiger partial charge in [-0.1, -0.05) is 0 Å². The summed E-state index contributed by atoms with van der Waals surface area (Å²) < 4.78 is 0. The number of amides is 1. The van der Waals surface area contributed by atoms with Crippen LogP contribution in [0.1, 0.15) is 38.5 Å². The molecule has 0 bridgehead atoms. The van der Waals surface area contributed by atoms with E-state index in [9.17, 15) is 9.59 Å². The average molecular weight is 237 g/mol. The maximum atomic E-state index is 11.9. The highest BCUT2D eigenvalue weighted by atomic mass is 16.4. The van der Waals surface area contributed by atoms with Gasteiger partial charge in [0.2, 0.25) is 5.91 Å². The zero-order valence-electron chi connectivity index (χ0n) is 9.89. The fourth-order valence-electron chi connectivity index (χ4n) is 3.21. The van der Waals surface area contributed by atoms with Gasteiger partial charge in [-0.3, -0.25) is 9.59 Å². The Morgan fingerprint density at radius 3 is 2.41 bits per heavy atom. The number of carbonyl (C=O) groups excluding carboxylic acids is 1. The number of hydrogen-bond acceptors (Lipinski definition) is 2. The SMILES string of the molecule is O=C(O)[C@@H]1CC[C@H](NC(=O)[C@@H]2C[C@H]2C2CC2)C1. The highest BCUT2D eigenvalue weighted by Crippen LogP contribution is 2.54. The van der Waals surface area contributed by atoms with Crippen molar-refractivity contribution in [2.45, 2.75) is 44.6 Å². The molecule has 2 N–H and O–H groups in total. The van der Waals surface area contributed by atoms with E-state index in [0.717, 1.165) is 18.8 Å². The molecule has 17 heavy (non-hydrogen) atoms. The summed E-state index contributed by atoms with van der Waals surface area (Å²) >= 11 is 0. The topological polar surface area (TPSA) is 66.4 Å². The smallest absolute Gasteiger partial charge is 0.306 e. The molecule has 0 heterocycles. The molecule has 1 amide bonds. The Kier molecular flexibility index (Phi) is 2.60. The summed E-state index contributed by atoms with van der Waals surface area (Å²) in [7, 11) is 0. The van der Waals surface area contributed by atoms with Gasteiger partial charge in [0, 0.05) is 12.0 Å². The average Bonchev–Trinajstić information content (AvgIpc) is 3.15. The third-order valence-corrected chi connectivity index (χ3v) is 4.53. The van der Waals surface area contributed by atoms with Crippen molar-refractivity contribution in [2.24, 2.45) is 23.7 Å². The first-order chi connectivity index (χ1) is 8.15. The maximum absolute atomic E-state index is 11.9. The monoisotopic (exact) mass is 237 g/mol. The van der Waals surface area contributed by atoms with Crippen molar-refractivity contribution in [3.05, 3.63) is 0 Å². The molecule has 3 fully saturated rings. The molecule has 4 nitrogen and oxygen atoms in total. The van der Waals surface area contributed by atoms with E-state index in [4.69, 9.17) is 5.11 Å². The van der Waals surface area contributed by atoms with Crippen molar-refractivity contribution >= 4 is 11.9 Å². The summed E-state index contributed by atoms with van der Waals surface area (Å²) in [6.45, 7) is 0. The molecule has 4 heteroatoms. The largest absolute Gasteiger partial charge is 0.481 e. The van der Waals surface area contributed by atoms with E-state index in [1.165, 1.54) is 12.8 Å². The van der Waals surface area contributed by atoms with Crippen molar-refractivity contribution in [2.75, 3.05) is 0 Å². The lowest BCUT2D eigenvalue weighted by atomic mass is 10.1. The van der Waals surface area contributed by atoms with Gasteiger partial charge >= 0.3 is 5.97 Å². The molecule has 3 aliphatic carbocycles. The minimum Gasteiger partial charge on any atom is -0.481 e. The molecular formula is C13H19NO3. The van der Waals surface area contributed by atoms with Crippen LogP contribution in [0.15, 0.2) is 0 Å². The summed E-state index contributed by atoms with van der Waals surface area (Å²) in [6, 6.07) is 0.101. The predicted octanol–water partition coefficient (Wildman–Crippen LogP) is 1.40. The third kappa shape index (κ3) is 2.31. The molecule has 94 valence electrons. The number of carboxylic acids is 1. The van der Waals surface area contributed by atoms with Gasteiger partial charge in [0.1, 0.15) is 0 Å². The van der Waals surface area contributed by atoms with Crippen LogP contribution in [-0.4, -0.2) is 23.0 Å². The minimum atomic E-state index is -0.718. The summed E-state index contributed by atoms with van der Waals surface area (Å²) in [4.78, 5) is 22.7. The lowest BCUT2D eigenvalue weighted by Crippen LogP contribution is -2.34. The molecule has 0 aromatic carbocycles. The Balaban J connectivity index is 1.45. The van der Waals surface area contributed by atoms with Crippen molar-refractivity contribution in [3.63, 3.8) is 0 Å². The van der Waals surface area contributed by atoms with Crippen LogP contribution >= 0.6 is 0 Å². The van der Waals surface area contributed by atoms with Gasteiger partial charge in [0.25, 0.3) is 0 Å². The lowest BCUT2D eigenvalue weighted by molar-refractivity contribution is -0.141. The van der Waals surface area contributed by atoms with E-state index < -0.39 is 5.97 Å². The van der Waals surface area contributed by atoms with Gasteiger partial charge in [-0.25, -0.2) is 0 Å². The summed E-state index contributed by atoms with van der Waals surface area (Å²) in [6.07, 6.45) is 5.81. The second-order valence-electron chi connectivity index (χ2n) is 5.90. The minimum absolute atomic E-state index is 0.101. The van der Waals surface area contributed by atoms with E-state index in [1.807, 2.05) is 0 Å². The molecule has 3 aliphatic rings. The highest BCUT2D eigenvalue weighted by molar-refractivity contribution is 5.82. The molecule has 0 aromatic heterocycles. The molecule has 0 aromatic rings. The molecule has 4 atom stereocenters. The third-order valence-electron chi connectivity index (χ3n) is 4.53. The van der Waals surface area contributed by atoms with Crippen LogP contribution < -0.4 is 5.32 Å². The fourth-order valence-corrected chi connectivity index (χ4v) is 3.21. The Hall–Kier alpha value is -1.06. The Labute approximate surface area is 101 Å². The van der Waals surface area contributed by atoms with Crippen LogP contribution in [0.5, 0.6) is 0 Å². The van der Waals surface area contributed by atoms with Gasteiger partial charge < -0.3 is 10.4 Å². The van der Waals surface area contributed by atoms with Gasteiger partial charge in [-0.05, 0) is 50.4 Å². The summed E-state index contributed by atoms with van der Waals surface area (Å²) in [5.74, 6) is 0.917. The summed E-state index contributed by atoms with van der Waals surface area (Å²) in [5.41, 5.74) is 0. The first-order valence-electron chi connectivity index (χ1n) is 6.68. The Bertz CT molecular complexity index is 351. The van der Waals surface area contributed by atoms with Crippen LogP contribution in [0.3, 0.4) is 0 Å². The van der Waals surface area contributed by atoms with E-state index in [-0.39, 0.29) is 23.8 Å². The molecule has 3 rings (SSSR count). The predicted molar refractivity (Wildman–Crippen MR) is 61.2 cm³/mol. The second kappa shape index (κ2) is 4.00. The molecule has 3 saturated carbocycles. The maximum Gasteiger partial charge on any atom is 0.306 e. The number of hydrogen-bond donors (Lipinski definition) is 2. The molecule has 0 unspecified atom stereocenters. The number of rotatable bonds is 4. The van der Waals surface area contributed by atoms with Crippen molar-refractivity contribution in [1.82, 2.24) is 5.32 Å². The van der Waals surface area contributed by atoms with Crippen molar-refractivity contribution in [3.8, 4) is 0 Å². The molecular weight excluding hydrogens is 218 g/mol. The summed E-state index contributed by atoms with van der Waals surface area (Å²) in [5, 5.41) is 11.9. The van der Waals surface area contributed by atoms with Gasteiger partial charge in [-0.15, -0.1) is 0 Å². The van der Waals surface area contributed by atoms with E-state index in [1.54, 1.807) is 0 Å². The quantitative estimate of drug-likeness (QED) is 0.776. The first kappa shape index (κ1) is 11.1. The Morgan fingerprint density at radius 2 is 1.82 bits per heavy atom. The standard InChI is InChI=1S/C13H19NO3/c15-12(11-6-10(11)7-1-2-7)14-9-4-3-8(5-9)13(16)17/h7-11H,1-6H2,(H,14,15)(H,16,17)/t8-,9+,10+,11-/m1/s1. The molecule has 0 spiro atoms. The van der Waals surface area contributed by atoms with Crippen LogP contribution in [0.4, 0.5) is 0 Å². The van der Waals surface area contributed by atoms with Crippen LogP contribution in [0.25, 0.3) is 0 Å². The van der Waals surface area contributed by atoms with Crippen LogP contribution in [-0.2, 0) is 9.59 Å².